The van der Waals surface area contributed by atoms with Crippen LogP contribution in [-0.2, 0) is 4.79 Å². The first-order chi connectivity index (χ1) is 14.7. The van der Waals surface area contributed by atoms with Crippen molar-refractivity contribution in [2.75, 3.05) is 0 Å². The van der Waals surface area contributed by atoms with Crippen LogP contribution in [0.15, 0.2) is 0 Å². The van der Waals surface area contributed by atoms with E-state index >= 15 is 0 Å². The lowest BCUT2D eigenvalue weighted by molar-refractivity contribution is -0.203. The molecule has 4 saturated carbocycles. The standard InChI is InChI=1S/C26H46N2O3/c1-5-17-21-14-16(29)10-12-26(21,4)20-11-13-25(3)18(15(2)6-9-22(30)28-27)7-8-19(25)23(20)24(17)31/h15-21,23-24,29,31H,5-14,27H2,1-4H3,(H,28,30)/t15-,16-,17-,18?,19+,20+,21?,23?,24-,25?,26?/m1/s1. The van der Waals surface area contributed by atoms with Crippen molar-refractivity contribution in [2.45, 2.75) is 104 Å². The average molecular weight is 435 g/mol. The number of nitrogens with one attached hydrogen (secondary N) is 1. The third kappa shape index (κ3) is 3.67. The van der Waals surface area contributed by atoms with Gasteiger partial charge in [0.1, 0.15) is 0 Å². The molecule has 0 aliphatic heterocycles. The van der Waals surface area contributed by atoms with Gasteiger partial charge < -0.3 is 10.2 Å². The molecule has 0 spiro atoms. The lowest BCUT2D eigenvalue weighted by Gasteiger charge is -2.64. The van der Waals surface area contributed by atoms with Crippen molar-refractivity contribution in [1.29, 1.82) is 0 Å². The number of hydrogen-bond donors (Lipinski definition) is 4. The molecule has 1 amide bonds. The number of nitrogens with two attached hydrogens (primary N) is 1. The monoisotopic (exact) mass is 434 g/mol. The van der Waals surface area contributed by atoms with Crippen molar-refractivity contribution in [3.05, 3.63) is 0 Å². The van der Waals surface area contributed by atoms with E-state index in [4.69, 9.17) is 5.84 Å². The molecular weight excluding hydrogens is 388 g/mol. The summed E-state index contributed by atoms with van der Waals surface area (Å²) in [5.74, 6) is 8.66. The highest BCUT2D eigenvalue weighted by atomic mass is 16.3. The zero-order chi connectivity index (χ0) is 22.6. The molecule has 31 heavy (non-hydrogen) atoms. The van der Waals surface area contributed by atoms with Crippen LogP contribution in [0.3, 0.4) is 0 Å². The summed E-state index contributed by atoms with van der Waals surface area (Å²) in [7, 11) is 0. The molecule has 0 bridgehead atoms. The van der Waals surface area contributed by atoms with Crippen molar-refractivity contribution in [1.82, 2.24) is 5.43 Å². The number of fused-ring (bicyclic) bond motifs is 5. The van der Waals surface area contributed by atoms with E-state index < -0.39 is 0 Å². The maximum Gasteiger partial charge on any atom is 0.233 e. The van der Waals surface area contributed by atoms with E-state index in [-0.39, 0.29) is 28.9 Å². The van der Waals surface area contributed by atoms with Gasteiger partial charge in [-0.05, 0) is 104 Å². The van der Waals surface area contributed by atoms with E-state index in [9.17, 15) is 15.0 Å². The van der Waals surface area contributed by atoms with Crippen molar-refractivity contribution in [3.63, 3.8) is 0 Å². The number of aliphatic hydroxyl groups is 2. The molecule has 11 atom stereocenters. The van der Waals surface area contributed by atoms with E-state index in [1.54, 1.807) is 0 Å². The molecule has 0 radical (unpaired) electrons. The first-order valence-electron chi connectivity index (χ1n) is 13.0. The van der Waals surface area contributed by atoms with Gasteiger partial charge in [0.15, 0.2) is 0 Å². The number of carbonyl (C=O) groups is 1. The molecule has 0 aromatic rings. The summed E-state index contributed by atoms with van der Waals surface area (Å²) in [6.07, 6.45) is 9.78. The Morgan fingerprint density at radius 3 is 2.42 bits per heavy atom. The number of aliphatic hydroxyl groups excluding tert-OH is 2. The smallest absolute Gasteiger partial charge is 0.233 e. The van der Waals surface area contributed by atoms with Gasteiger partial charge in [0.05, 0.1) is 12.2 Å². The van der Waals surface area contributed by atoms with Crippen molar-refractivity contribution >= 4 is 5.91 Å². The van der Waals surface area contributed by atoms with Crippen LogP contribution in [0.2, 0.25) is 0 Å². The van der Waals surface area contributed by atoms with Gasteiger partial charge in [-0.25, -0.2) is 5.84 Å². The SMILES string of the molecule is CC[C@@H]1C2C[C@H](O)CCC2(C)[C@H]2CCC3(C)C([C@H](C)CCC(=O)NN)CC[C@H]3C2[C@@H]1O. The summed E-state index contributed by atoms with van der Waals surface area (Å²) >= 11 is 0. The molecule has 4 aliphatic rings. The molecule has 5 nitrogen and oxygen atoms in total. The van der Waals surface area contributed by atoms with Gasteiger partial charge in [-0.1, -0.05) is 34.1 Å². The number of amides is 1. The second-order valence-corrected chi connectivity index (χ2v) is 12.2. The maximum atomic E-state index is 11.7. The minimum atomic E-state index is -0.236. The highest BCUT2D eigenvalue weighted by Crippen LogP contribution is 2.69. The van der Waals surface area contributed by atoms with Crippen molar-refractivity contribution in [2.24, 2.45) is 58.1 Å². The first kappa shape index (κ1) is 23.5. The Hall–Kier alpha value is -0.650. The van der Waals surface area contributed by atoms with E-state index in [1.165, 1.54) is 25.7 Å². The van der Waals surface area contributed by atoms with E-state index in [0.717, 1.165) is 32.1 Å². The molecule has 5 N–H and O–H groups in total. The third-order valence-electron chi connectivity index (χ3n) is 11.1. The second-order valence-electron chi connectivity index (χ2n) is 12.2. The molecule has 5 heteroatoms. The van der Waals surface area contributed by atoms with Gasteiger partial charge in [0.2, 0.25) is 5.91 Å². The van der Waals surface area contributed by atoms with Crippen LogP contribution in [0.4, 0.5) is 0 Å². The van der Waals surface area contributed by atoms with Gasteiger partial charge in [-0.3, -0.25) is 10.2 Å². The van der Waals surface area contributed by atoms with Gasteiger partial charge in [-0.2, -0.15) is 0 Å². The topological polar surface area (TPSA) is 95.6 Å². The molecule has 4 aliphatic carbocycles. The highest BCUT2D eigenvalue weighted by molar-refractivity contribution is 5.75. The fourth-order valence-corrected chi connectivity index (χ4v) is 9.56. The normalized spacial score (nSPS) is 50.2. The predicted molar refractivity (Wildman–Crippen MR) is 123 cm³/mol. The van der Waals surface area contributed by atoms with Crippen LogP contribution in [0, 0.1) is 52.3 Å². The first-order valence-corrected chi connectivity index (χ1v) is 13.0. The Kier molecular flexibility index (Phi) is 6.53. The molecule has 4 rings (SSSR count). The summed E-state index contributed by atoms with van der Waals surface area (Å²) < 4.78 is 0. The minimum Gasteiger partial charge on any atom is -0.393 e. The quantitative estimate of drug-likeness (QED) is 0.299. The second kappa shape index (κ2) is 8.61. The van der Waals surface area contributed by atoms with E-state index in [0.29, 0.717) is 47.8 Å². The Morgan fingerprint density at radius 2 is 1.74 bits per heavy atom. The number of rotatable bonds is 5. The summed E-state index contributed by atoms with van der Waals surface area (Å²) in [6.45, 7) is 9.55. The van der Waals surface area contributed by atoms with Gasteiger partial charge >= 0.3 is 0 Å². The molecule has 5 unspecified atom stereocenters. The Labute approximate surface area is 188 Å². The molecule has 0 aromatic heterocycles. The number of carbonyl (C=O) groups excluding carboxylic acids is 1. The Bertz CT molecular complexity index is 671. The maximum absolute atomic E-state index is 11.7. The zero-order valence-electron chi connectivity index (χ0n) is 20.1. The number of hydrogen-bond acceptors (Lipinski definition) is 4. The lowest BCUT2D eigenvalue weighted by atomic mass is 9.41. The van der Waals surface area contributed by atoms with Crippen LogP contribution in [0.5, 0.6) is 0 Å². The third-order valence-corrected chi connectivity index (χ3v) is 11.1. The molecular formula is C26H46N2O3. The Balaban J connectivity index is 1.58. The fraction of sp³-hybridized carbons (Fsp3) is 0.962. The molecule has 0 heterocycles. The molecule has 4 fully saturated rings. The molecule has 0 aromatic carbocycles. The summed E-state index contributed by atoms with van der Waals surface area (Å²) in [5.41, 5.74) is 2.79. The van der Waals surface area contributed by atoms with Crippen molar-refractivity contribution < 1.29 is 15.0 Å². The zero-order valence-corrected chi connectivity index (χ0v) is 20.1. The van der Waals surface area contributed by atoms with Gasteiger partial charge in [-0.15, -0.1) is 0 Å². The summed E-state index contributed by atoms with van der Waals surface area (Å²) in [5, 5.41) is 22.2. The largest absolute Gasteiger partial charge is 0.393 e. The highest BCUT2D eigenvalue weighted by Gasteiger charge is 2.64. The fourth-order valence-electron chi connectivity index (χ4n) is 9.56. The van der Waals surface area contributed by atoms with Crippen LogP contribution >= 0.6 is 0 Å². The van der Waals surface area contributed by atoms with Crippen LogP contribution < -0.4 is 11.3 Å². The van der Waals surface area contributed by atoms with E-state index in [2.05, 4.69) is 33.1 Å². The van der Waals surface area contributed by atoms with E-state index in [1.807, 2.05) is 0 Å². The van der Waals surface area contributed by atoms with Crippen LogP contribution in [0.25, 0.3) is 0 Å². The average Bonchev–Trinajstić information content (AvgIpc) is 3.10. The predicted octanol–water partition coefficient (Wildman–Crippen LogP) is 4.02. The lowest BCUT2D eigenvalue weighted by Crippen LogP contribution is -2.62. The number of hydrazine groups is 1. The van der Waals surface area contributed by atoms with Gasteiger partial charge in [0, 0.05) is 6.42 Å². The van der Waals surface area contributed by atoms with Crippen molar-refractivity contribution in [3.8, 4) is 0 Å². The summed E-state index contributed by atoms with van der Waals surface area (Å²) in [6, 6.07) is 0. The molecule has 178 valence electrons. The van der Waals surface area contributed by atoms with Crippen LogP contribution in [0.1, 0.15) is 91.9 Å². The molecule has 0 saturated heterocycles. The van der Waals surface area contributed by atoms with Gasteiger partial charge in [0.25, 0.3) is 0 Å². The summed E-state index contributed by atoms with van der Waals surface area (Å²) in [4.78, 5) is 11.7. The van der Waals surface area contributed by atoms with Crippen LogP contribution in [-0.4, -0.2) is 28.3 Å². The minimum absolute atomic E-state index is 0.0674. The Morgan fingerprint density at radius 1 is 1.06 bits per heavy atom.